The van der Waals surface area contributed by atoms with Gasteiger partial charge in [-0.2, -0.15) is 8.42 Å². The summed E-state index contributed by atoms with van der Waals surface area (Å²) >= 11 is 0. The number of hydrogen-bond donors (Lipinski definition) is 1. The fourth-order valence-electron chi connectivity index (χ4n) is 3.20. The Bertz CT molecular complexity index is 913. The minimum Gasteiger partial charge on any atom is -0.352 e. The van der Waals surface area contributed by atoms with E-state index in [2.05, 4.69) is 15.4 Å². The second-order valence-corrected chi connectivity index (χ2v) is 9.31. The second-order valence-electron chi connectivity index (χ2n) is 7.51. The number of benzene rings is 1. The van der Waals surface area contributed by atoms with E-state index in [1.807, 2.05) is 0 Å². The molecule has 0 aliphatic heterocycles. The van der Waals surface area contributed by atoms with E-state index in [1.165, 1.54) is 25.6 Å². The van der Waals surface area contributed by atoms with Crippen LogP contribution in [0.25, 0.3) is 0 Å². The number of amides is 1. The molecule has 4 rings (SSSR count). The van der Waals surface area contributed by atoms with Crippen molar-refractivity contribution in [3.8, 4) is 0 Å². The van der Waals surface area contributed by atoms with Gasteiger partial charge in [0, 0.05) is 18.9 Å². The van der Waals surface area contributed by atoms with Gasteiger partial charge in [-0.25, -0.2) is 4.98 Å². The predicted octanol–water partition coefficient (Wildman–Crippen LogP) is 2.59. The highest BCUT2D eigenvalue weighted by molar-refractivity contribution is 7.89. The number of aromatic nitrogens is 3. The molecule has 8 heteroatoms. The van der Waals surface area contributed by atoms with Crippen LogP contribution in [-0.2, 0) is 21.4 Å². The summed E-state index contributed by atoms with van der Waals surface area (Å²) in [4.78, 5) is 16.2. The van der Waals surface area contributed by atoms with Gasteiger partial charge >= 0.3 is 0 Å². The number of hydrogen-bond acceptors (Lipinski definition) is 5. The van der Waals surface area contributed by atoms with Crippen LogP contribution in [-0.4, -0.2) is 28.5 Å². The zero-order chi connectivity index (χ0) is 18.9. The molecule has 2 aliphatic rings. The first-order valence-electron chi connectivity index (χ1n) is 9.55. The van der Waals surface area contributed by atoms with Crippen molar-refractivity contribution in [2.75, 3.05) is 0 Å². The topological polar surface area (TPSA) is 94.0 Å². The lowest BCUT2D eigenvalue weighted by Crippen LogP contribution is -2.24. The molecule has 2 aromatic rings. The highest BCUT2D eigenvalue weighted by Crippen LogP contribution is 2.37. The van der Waals surface area contributed by atoms with Gasteiger partial charge < -0.3 is 5.32 Å². The standard InChI is InChI=1S/C19H24N4O3S/c24-18(11-6-14-2-1-3-14)20-12-15-4-9-17(10-5-15)27(25,26)23-13-21-19(22-23)16-7-8-16/h4-5,9-10,13-14,16H,1-3,6-8,11-12H2,(H,20,24). The fourth-order valence-corrected chi connectivity index (χ4v) is 4.26. The lowest BCUT2D eigenvalue weighted by molar-refractivity contribution is -0.121. The third kappa shape index (κ3) is 4.21. The first-order valence-corrected chi connectivity index (χ1v) is 11.0. The number of rotatable bonds is 8. The lowest BCUT2D eigenvalue weighted by Gasteiger charge is -2.24. The molecule has 2 fully saturated rings. The van der Waals surface area contributed by atoms with Crippen LogP contribution in [0.5, 0.6) is 0 Å². The fraction of sp³-hybridized carbons (Fsp3) is 0.526. The van der Waals surface area contributed by atoms with E-state index in [0.29, 0.717) is 24.7 Å². The third-order valence-corrected chi connectivity index (χ3v) is 6.93. The Hall–Kier alpha value is -2.22. The van der Waals surface area contributed by atoms with E-state index < -0.39 is 10.0 Å². The molecule has 0 radical (unpaired) electrons. The lowest BCUT2D eigenvalue weighted by atomic mass is 9.82. The van der Waals surface area contributed by atoms with Crippen LogP contribution in [0.1, 0.15) is 62.3 Å². The number of carbonyl (C=O) groups is 1. The Morgan fingerprint density at radius 1 is 1.15 bits per heavy atom. The van der Waals surface area contributed by atoms with Gasteiger partial charge in [0.25, 0.3) is 10.0 Å². The smallest absolute Gasteiger partial charge is 0.284 e. The van der Waals surface area contributed by atoms with Gasteiger partial charge in [0.2, 0.25) is 5.91 Å². The van der Waals surface area contributed by atoms with E-state index in [-0.39, 0.29) is 10.8 Å². The molecule has 1 aromatic carbocycles. The average Bonchev–Trinajstić information content (AvgIpc) is 3.35. The molecule has 2 saturated carbocycles. The molecule has 0 atom stereocenters. The molecular weight excluding hydrogens is 364 g/mol. The molecule has 1 heterocycles. The van der Waals surface area contributed by atoms with Crippen LogP contribution in [0.2, 0.25) is 0 Å². The van der Waals surface area contributed by atoms with Gasteiger partial charge in [0.1, 0.15) is 6.33 Å². The molecule has 1 aromatic heterocycles. The summed E-state index contributed by atoms with van der Waals surface area (Å²) in [5, 5.41) is 7.01. The molecule has 1 N–H and O–H groups in total. The summed E-state index contributed by atoms with van der Waals surface area (Å²) in [6, 6.07) is 6.53. The average molecular weight is 388 g/mol. The van der Waals surface area contributed by atoms with Crippen molar-refractivity contribution in [2.45, 2.75) is 62.3 Å². The van der Waals surface area contributed by atoms with Crippen molar-refractivity contribution in [1.82, 2.24) is 19.5 Å². The summed E-state index contributed by atoms with van der Waals surface area (Å²) < 4.78 is 26.2. The number of carbonyl (C=O) groups excluding carboxylic acids is 1. The van der Waals surface area contributed by atoms with Crippen LogP contribution in [0, 0.1) is 5.92 Å². The Kier molecular flexibility index (Phi) is 4.99. The van der Waals surface area contributed by atoms with E-state index in [0.717, 1.165) is 34.8 Å². The minimum atomic E-state index is -3.73. The van der Waals surface area contributed by atoms with Gasteiger partial charge in [-0.3, -0.25) is 4.79 Å². The first-order chi connectivity index (χ1) is 13.0. The van der Waals surface area contributed by atoms with E-state index >= 15 is 0 Å². The molecule has 0 saturated heterocycles. The molecule has 1 amide bonds. The quantitative estimate of drug-likeness (QED) is 0.750. The maximum Gasteiger partial charge on any atom is 0.284 e. The molecule has 27 heavy (non-hydrogen) atoms. The van der Waals surface area contributed by atoms with Crippen molar-refractivity contribution in [1.29, 1.82) is 0 Å². The SMILES string of the molecule is O=C(CCC1CCC1)NCc1ccc(S(=O)(=O)n2cnc(C3CC3)n2)cc1. The summed E-state index contributed by atoms with van der Waals surface area (Å²) in [5.41, 5.74) is 0.864. The third-order valence-electron chi connectivity index (χ3n) is 5.39. The number of nitrogens with one attached hydrogen (secondary N) is 1. The van der Waals surface area contributed by atoms with Crippen molar-refractivity contribution >= 4 is 15.9 Å². The minimum absolute atomic E-state index is 0.0498. The van der Waals surface area contributed by atoms with Gasteiger partial charge in [0.15, 0.2) is 5.82 Å². The predicted molar refractivity (Wildman–Crippen MR) is 99.4 cm³/mol. The molecule has 0 unspecified atom stereocenters. The Morgan fingerprint density at radius 2 is 1.89 bits per heavy atom. The zero-order valence-electron chi connectivity index (χ0n) is 15.2. The molecule has 0 bridgehead atoms. The second kappa shape index (κ2) is 7.42. The van der Waals surface area contributed by atoms with Gasteiger partial charge in [-0.05, 0) is 42.9 Å². The molecule has 0 spiro atoms. The van der Waals surface area contributed by atoms with Gasteiger partial charge in [-0.15, -0.1) is 9.19 Å². The van der Waals surface area contributed by atoms with E-state index in [4.69, 9.17) is 0 Å². The maximum atomic E-state index is 12.6. The van der Waals surface area contributed by atoms with Crippen molar-refractivity contribution in [3.63, 3.8) is 0 Å². The monoisotopic (exact) mass is 388 g/mol. The molecule has 144 valence electrons. The Labute approximate surface area is 159 Å². The largest absolute Gasteiger partial charge is 0.352 e. The normalized spacial score (nSPS) is 17.5. The zero-order valence-corrected chi connectivity index (χ0v) is 16.0. The van der Waals surface area contributed by atoms with Gasteiger partial charge in [0.05, 0.1) is 4.90 Å². The summed E-state index contributed by atoms with van der Waals surface area (Å²) in [6.07, 6.45) is 8.61. The van der Waals surface area contributed by atoms with Crippen molar-refractivity contribution in [3.05, 3.63) is 42.0 Å². The van der Waals surface area contributed by atoms with Crippen LogP contribution in [0.3, 0.4) is 0 Å². The van der Waals surface area contributed by atoms with Crippen LogP contribution in [0.4, 0.5) is 0 Å². The van der Waals surface area contributed by atoms with Crippen LogP contribution >= 0.6 is 0 Å². The summed E-state index contributed by atoms with van der Waals surface area (Å²) in [5.74, 6) is 1.67. The highest BCUT2D eigenvalue weighted by Gasteiger charge is 2.29. The Balaban J connectivity index is 1.33. The van der Waals surface area contributed by atoms with Crippen LogP contribution in [0.15, 0.2) is 35.5 Å². The van der Waals surface area contributed by atoms with Crippen molar-refractivity contribution in [2.24, 2.45) is 5.92 Å². The maximum absolute atomic E-state index is 12.6. The van der Waals surface area contributed by atoms with E-state index in [9.17, 15) is 13.2 Å². The summed E-state index contributed by atoms with van der Waals surface area (Å²) in [6.45, 7) is 0.402. The van der Waals surface area contributed by atoms with E-state index in [1.54, 1.807) is 24.3 Å². The van der Waals surface area contributed by atoms with Crippen LogP contribution < -0.4 is 5.32 Å². The first kappa shape index (κ1) is 18.2. The van der Waals surface area contributed by atoms with Gasteiger partial charge in [-0.1, -0.05) is 31.4 Å². The molecule has 7 nitrogen and oxygen atoms in total. The Morgan fingerprint density at radius 3 is 2.52 bits per heavy atom. The number of nitrogens with zero attached hydrogens (tertiary/aromatic N) is 3. The molecule has 2 aliphatic carbocycles. The van der Waals surface area contributed by atoms with Crippen molar-refractivity contribution < 1.29 is 13.2 Å². The summed E-state index contributed by atoms with van der Waals surface area (Å²) in [7, 11) is -3.73. The highest BCUT2D eigenvalue weighted by atomic mass is 32.2. The molecular formula is C19H24N4O3S.